The third-order valence-electron chi connectivity index (χ3n) is 6.89. The van der Waals surface area contributed by atoms with Gasteiger partial charge in [0.2, 0.25) is 0 Å². The highest BCUT2D eigenvalue weighted by Crippen LogP contribution is 2.49. The number of hydrogen-bond donors (Lipinski definition) is 1. The fourth-order valence-corrected chi connectivity index (χ4v) is 5.23. The Labute approximate surface area is 223 Å². The molecule has 7 nitrogen and oxygen atoms in total. The Kier molecular flexibility index (Phi) is 8.08. The Morgan fingerprint density at radius 3 is 2.63 bits per heavy atom. The Morgan fingerprint density at radius 1 is 1.16 bits per heavy atom. The molecular weight excluding hydrogens is 485 g/mol. The van der Waals surface area contributed by atoms with E-state index in [1.54, 1.807) is 25.3 Å². The fourth-order valence-electron chi connectivity index (χ4n) is 5.23. The summed E-state index contributed by atoms with van der Waals surface area (Å²) in [5, 5.41) is 10.2. The average molecular weight is 520 g/mol. The zero-order chi connectivity index (χ0) is 27.4. The van der Waals surface area contributed by atoms with Crippen LogP contribution < -0.4 is 15.2 Å². The van der Waals surface area contributed by atoms with Crippen LogP contribution in [0.3, 0.4) is 0 Å². The van der Waals surface area contributed by atoms with E-state index in [0.29, 0.717) is 66.6 Å². The zero-order valence-electron chi connectivity index (χ0n) is 22.3. The van der Waals surface area contributed by atoms with Gasteiger partial charge in [0.15, 0.2) is 17.3 Å². The van der Waals surface area contributed by atoms with E-state index in [9.17, 15) is 14.4 Å². The number of methoxy groups -OCH3 is 1. The summed E-state index contributed by atoms with van der Waals surface area (Å²) in [4.78, 5) is 15.5. The van der Waals surface area contributed by atoms with E-state index in [1.165, 1.54) is 12.1 Å². The molecule has 8 heteroatoms. The minimum absolute atomic E-state index is 0.00769. The SMILES string of the molecule is CCOc1cc([C@@H]2C(C#N)=C(N)N(CCOC)C3=C2C(=O)CC(C)(C)C3)ccc1OCc1cccc(F)c1. The van der Waals surface area contributed by atoms with Gasteiger partial charge in [0, 0.05) is 31.3 Å². The number of ether oxygens (including phenoxy) is 3. The van der Waals surface area contributed by atoms with Crippen molar-refractivity contribution in [1.29, 1.82) is 5.26 Å². The molecule has 0 bridgehead atoms. The number of allylic oxidation sites excluding steroid dienone is 3. The van der Waals surface area contributed by atoms with Crippen molar-refractivity contribution in [1.82, 2.24) is 4.90 Å². The van der Waals surface area contributed by atoms with E-state index >= 15 is 0 Å². The van der Waals surface area contributed by atoms with E-state index in [0.717, 1.165) is 11.3 Å². The van der Waals surface area contributed by atoms with Crippen molar-refractivity contribution in [2.75, 3.05) is 26.9 Å². The van der Waals surface area contributed by atoms with E-state index in [2.05, 4.69) is 19.9 Å². The predicted molar refractivity (Wildman–Crippen MR) is 142 cm³/mol. The lowest BCUT2D eigenvalue weighted by atomic mass is 9.68. The molecule has 38 heavy (non-hydrogen) atoms. The van der Waals surface area contributed by atoms with Gasteiger partial charge in [-0.05, 0) is 54.2 Å². The molecule has 2 aromatic rings. The molecule has 0 unspecified atom stereocenters. The molecular formula is C30H34FN3O4. The number of Topliss-reactive ketones (excluding diaryl/α,β-unsaturated/α-hetero) is 1. The van der Waals surface area contributed by atoms with Crippen LogP contribution in [0.4, 0.5) is 4.39 Å². The molecule has 0 amide bonds. The van der Waals surface area contributed by atoms with Gasteiger partial charge >= 0.3 is 0 Å². The molecule has 2 N–H and O–H groups in total. The lowest BCUT2D eigenvalue weighted by molar-refractivity contribution is -0.118. The largest absolute Gasteiger partial charge is 0.490 e. The highest BCUT2D eigenvalue weighted by atomic mass is 19.1. The van der Waals surface area contributed by atoms with Crippen molar-refractivity contribution in [3.05, 3.63) is 82.1 Å². The van der Waals surface area contributed by atoms with Crippen molar-refractivity contribution in [3.8, 4) is 17.6 Å². The van der Waals surface area contributed by atoms with Crippen LogP contribution >= 0.6 is 0 Å². The Balaban J connectivity index is 1.77. The van der Waals surface area contributed by atoms with Crippen LogP contribution in [0.2, 0.25) is 0 Å². The molecule has 2 aliphatic rings. The molecule has 0 spiro atoms. The number of nitrogens with zero attached hydrogens (tertiary/aromatic N) is 2. The molecule has 200 valence electrons. The summed E-state index contributed by atoms with van der Waals surface area (Å²) < 4.78 is 30.7. The number of carbonyl (C=O) groups is 1. The van der Waals surface area contributed by atoms with Crippen molar-refractivity contribution in [2.24, 2.45) is 11.1 Å². The molecule has 0 saturated carbocycles. The standard InChI is InChI=1S/C30H34FN3O4/c1-5-37-26-14-20(9-10-25(26)38-18-19-7-6-8-21(31)13-19)27-22(17-32)29(33)34(11-12-36-4)23-15-30(2,3)16-24(35)28(23)27/h6-10,13-14,27H,5,11-12,15-16,18,33H2,1-4H3/t27-/m1/s1. The maximum absolute atomic E-state index is 13.6. The normalized spacial score (nSPS) is 18.8. The first-order chi connectivity index (χ1) is 18.2. The van der Waals surface area contributed by atoms with Gasteiger partial charge in [-0.25, -0.2) is 4.39 Å². The molecule has 0 saturated heterocycles. The van der Waals surface area contributed by atoms with Gasteiger partial charge in [0.25, 0.3) is 0 Å². The van der Waals surface area contributed by atoms with Crippen LogP contribution in [0.15, 0.2) is 65.1 Å². The lowest BCUT2D eigenvalue weighted by Crippen LogP contribution is -2.43. The minimum Gasteiger partial charge on any atom is -0.490 e. The van der Waals surface area contributed by atoms with Crippen LogP contribution in [0.5, 0.6) is 11.5 Å². The highest BCUT2D eigenvalue weighted by Gasteiger charge is 2.44. The molecule has 1 atom stereocenters. The summed E-state index contributed by atoms with van der Waals surface area (Å²) in [5.74, 6) is 0.356. The summed E-state index contributed by atoms with van der Waals surface area (Å²) in [5.41, 5.74) is 9.53. The second-order valence-electron chi connectivity index (χ2n) is 10.3. The van der Waals surface area contributed by atoms with E-state index < -0.39 is 5.92 Å². The Hall–Kier alpha value is -3.83. The van der Waals surface area contributed by atoms with Crippen LogP contribution in [-0.2, 0) is 16.1 Å². The molecule has 2 aromatic carbocycles. The lowest BCUT2D eigenvalue weighted by Gasteiger charge is -2.43. The molecule has 1 heterocycles. The third-order valence-corrected chi connectivity index (χ3v) is 6.89. The molecule has 0 radical (unpaired) electrons. The number of hydrogen-bond acceptors (Lipinski definition) is 7. The second-order valence-corrected chi connectivity index (χ2v) is 10.3. The smallest absolute Gasteiger partial charge is 0.162 e. The van der Waals surface area contributed by atoms with Gasteiger partial charge < -0.3 is 24.8 Å². The van der Waals surface area contributed by atoms with Crippen LogP contribution in [-0.4, -0.2) is 37.6 Å². The van der Waals surface area contributed by atoms with Crippen molar-refractivity contribution in [3.63, 3.8) is 0 Å². The van der Waals surface area contributed by atoms with Gasteiger partial charge in [-0.3, -0.25) is 4.79 Å². The number of ketones is 1. The van der Waals surface area contributed by atoms with Crippen LogP contribution in [0.1, 0.15) is 50.7 Å². The van der Waals surface area contributed by atoms with Gasteiger partial charge in [-0.2, -0.15) is 5.26 Å². The highest BCUT2D eigenvalue weighted by molar-refractivity contribution is 6.00. The van der Waals surface area contributed by atoms with Gasteiger partial charge in [0.1, 0.15) is 18.2 Å². The van der Waals surface area contributed by atoms with Crippen molar-refractivity contribution in [2.45, 2.75) is 46.1 Å². The summed E-state index contributed by atoms with van der Waals surface area (Å²) in [7, 11) is 1.61. The van der Waals surface area contributed by atoms with Crippen LogP contribution in [0.25, 0.3) is 0 Å². The number of carbonyl (C=O) groups excluding carboxylic acids is 1. The number of benzene rings is 2. The summed E-state index contributed by atoms with van der Waals surface area (Å²) in [6, 6.07) is 13.9. The maximum Gasteiger partial charge on any atom is 0.162 e. The second kappa shape index (κ2) is 11.3. The summed E-state index contributed by atoms with van der Waals surface area (Å²) in [6.45, 7) is 7.39. The number of halogens is 1. The van der Waals surface area contributed by atoms with Crippen LogP contribution in [0, 0.1) is 22.6 Å². The molecule has 0 aromatic heterocycles. The molecule has 1 aliphatic carbocycles. The molecule has 0 fully saturated rings. The van der Waals surface area contributed by atoms with Gasteiger partial charge in [-0.15, -0.1) is 0 Å². The first kappa shape index (κ1) is 27.2. The zero-order valence-corrected chi connectivity index (χ0v) is 22.3. The topological polar surface area (TPSA) is 97.8 Å². The van der Waals surface area contributed by atoms with E-state index in [1.807, 2.05) is 24.0 Å². The average Bonchev–Trinajstić information content (AvgIpc) is 2.86. The third kappa shape index (κ3) is 5.53. The number of nitriles is 1. The predicted octanol–water partition coefficient (Wildman–Crippen LogP) is 5.19. The Bertz CT molecular complexity index is 1330. The number of nitrogens with two attached hydrogens (primary N) is 1. The Morgan fingerprint density at radius 2 is 1.95 bits per heavy atom. The monoisotopic (exact) mass is 519 g/mol. The minimum atomic E-state index is -0.617. The van der Waals surface area contributed by atoms with Crippen molar-refractivity contribution < 1.29 is 23.4 Å². The molecule has 4 rings (SSSR count). The van der Waals surface area contributed by atoms with E-state index in [4.69, 9.17) is 19.9 Å². The van der Waals surface area contributed by atoms with Gasteiger partial charge in [-0.1, -0.05) is 32.0 Å². The fraction of sp³-hybridized carbons (Fsp3) is 0.400. The summed E-state index contributed by atoms with van der Waals surface area (Å²) in [6.07, 6.45) is 1.03. The number of rotatable bonds is 9. The first-order valence-corrected chi connectivity index (χ1v) is 12.8. The van der Waals surface area contributed by atoms with Gasteiger partial charge in [0.05, 0.1) is 30.8 Å². The first-order valence-electron chi connectivity index (χ1n) is 12.8. The molecule has 1 aliphatic heterocycles. The van der Waals surface area contributed by atoms with Crippen molar-refractivity contribution >= 4 is 5.78 Å². The van der Waals surface area contributed by atoms with E-state index in [-0.39, 0.29) is 23.6 Å². The maximum atomic E-state index is 13.6. The quantitative estimate of drug-likeness (QED) is 0.487. The summed E-state index contributed by atoms with van der Waals surface area (Å²) >= 11 is 0.